The standard InChI is InChI=1S/C9H9ClFNO2/c1-9(12,8(13)14)6-3-2-5(10)4-7(6)11/h2-4H,12H2,1H3,(H,13,14)/t9-/m1/s1. The Bertz CT molecular complexity index is 379. The topological polar surface area (TPSA) is 63.3 Å². The Balaban J connectivity index is 3.26. The van der Waals surface area contributed by atoms with Gasteiger partial charge in [0.15, 0.2) is 0 Å². The first-order chi connectivity index (χ1) is 6.35. The first-order valence-electron chi connectivity index (χ1n) is 3.83. The number of rotatable bonds is 2. The fraction of sp³-hybridized carbons (Fsp3) is 0.222. The number of benzene rings is 1. The van der Waals surface area contributed by atoms with Gasteiger partial charge in [-0.25, -0.2) is 9.18 Å². The lowest BCUT2D eigenvalue weighted by atomic mass is 9.93. The van der Waals surface area contributed by atoms with Gasteiger partial charge in [0, 0.05) is 10.6 Å². The van der Waals surface area contributed by atoms with Crippen molar-refractivity contribution in [1.29, 1.82) is 0 Å². The summed E-state index contributed by atoms with van der Waals surface area (Å²) in [6.07, 6.45) is 0. The average Bonchev–Trinajstić information content (AvgIpc) is 2.02. The minimum absolute atomic E-state index is 0.0885. The second-order valence-corrected chi connectivity index (χ2v) is 3.57. The molecule has 76 valence electrons. The molecule has 0 fully saturated rings. The van der Waals surface area contributed by atoms with Crippen molar-refractivity contribution in [3.8, 4) is 0 Å². The Morgan fingerprint density at radius 3 is 2.64 bits per heavy atom. The van der Waals surface area contributed by atoms with Crippen LogP contribution in [0.15, 0.2) is 18.2 Å². The number of hydrogen-bond acceptors (Lipinski definition) is 2. The van der Waals surface area contributed by atoms with E-state index in [1.165, 1.54) is 19.1 Å². The van der Waals surface area contributed by atoms with Crippen LogP contribution in [0.25, 0.3) is 0 Å². The smallest absolute Gasteiger partial charge is 0.328 e. The number of aliphatic carboxylic acids is 1. The third kappa shape index (κ3) is 1.86. The molecular formula is C9H9ClFNO2. The highest BCUT2D eigenvalue weighted by molar-refractivity contribution is 6.30. The number of nitrogens with two attached hydrogens (primary N) is 1. The molecule has 0 spiro atoms. The molecule has 0 aliphatic heterocycles. The summed E-state index contributed by atoms with van der Waals surface area (Å²) < 4.78 is 13.3. The lowest BCUT2D eigenvalue weighted by Gasteiger charge is -2.20. The third-order valence-corrected chi connectivity index (χ3v) is 2.17. The van der Waals surface area contributed by atoms with Gasteiger partial charge in [-0.05, 0) is 19.1 Å². The fourth-order valence-electron chi connectivity index (χ4n) is 1.03. The predicted molar refractivity (Wildman–Crippen MR) is 50.6 cm³/mol. The zero-order valence-electron chi connectivity index (χ0n) is 7.42. The van der Waals surface area contributed by atoms with Gasteiger partial charge in [-0.3, -0.25) is 0 Å². The van der Waals surface area contributed by atoms with E-state index in [4.69, 9.17) is 22.4 Å². The molecule has 0 radical (unpaired) electrons. The van der Waals surface area contributed by atoms with E-state index in [2.05, 4.69) is 0 Å². The number of carboxylic acids is 1. The van der Waals surface area contributed by atoms with E-state index in [-0.39, 0.29) is 10.6 Å². The van der Waals surface area contributed by atoms with Gasteiger partial charge in [-0.2, -0.15) is 0 Å². The van der Waals surface area contributed by atoms with E-state index in [1.807, 2.05) is 0 Å². The Hall–Kier alpha value is -1.13. The maximum absolute atomic E-state index is 13.3. The van der Waals surface area contributed by atoms with E-state index in [0.717, 1.165) is 6.07 Å². The van der Waals surface area contributed by atoms with Crippen molar-refractivity contribution >= 4 is 17.6 Å². The molecule has 0 aliphatic carbocycles. The van der Waals surface area contributed by atoms with Crippen LogP contribution in [-0.2, 0) is 10.3 Å². The quantitative estimate of drug-likeness (QED) is 0.793. The van der Waals surface area contributed by atoms with E-state index in [1.54, 1.807) is 0 Å². The highest BCUT2D eigenvalue weighted by atomic mass is 35.5. The summed E-state index contributed by atoms with van der Waals surface area (Å²) in [5.41, 5.74) is 3.62. The molecule has 0 aliphatic rings. The predicted octanol–water partition coefficient (Wildman–Crippen LogP) is 1.74. The van der Waals surface area contributed by atoms with Gasteiger partial charge in [-0.1, -0.05) is 17.7 Å². The molecule has 0 amide bonds. The maximum atomic E-state index is 13.3. The molecule has 0 unspecified atom stereocenters. The molecule has 1 atom stereocenters. The Kier molecular flexibility index (Phi) is 2.78. The molecule has 1 rings (SSSR count). The first kappa shape index (κ1) is 10.9. The molecule has 14 heavy (non-hydrogen) atoms. The number of hydrogen-bond donors (Lipinski definition) is 2. The second kappa shape index (κ2) is 3.55. The summed E-state index contributed by atoms with van der Waals surface area (Å²) in [5.74, 6) is -2.01. The lowest BCUT2D eigenvalue weighted by Crippen LogP contribution is -2.42. The number of carbonyl (C=O) groups is 1. The molecule has 0 bridgehead atoms. The van der Waals surface area contributed by atoms with Crippen molar-refractivity contribution in [3.05, 3.63) is 34.6 Å². The molecule has 0 saturated heterocycles. The fourth-order valence-corrected chi connectivity index (χ4v) is 1.18. The summed E-state index contributed by atoms with van der Waals surface area (Å²) in [6, 6.07) is 3.70. The van der Waals surface area contributed by atoms with Gasteiger partial charge in [0.1, 0.15) is 11.4 Å². The van der Waals surface area contributed by atoms with Gasteiger partial charge in [0.25, 0.3) is 0 Å². The zero-order chi connectivity index (χ0) is 10.9. The van der Waals surface area contributed by atoms with Crippen molar-refractivity contribution in [2.75, 3.05) is 0 Å². The van der Waals surface area contributed by atoms with Crippen molar-refractivity contribution in [2.24, 2.45) is 5.73 Å². The molecule has 5 heteroatoms. The summed E-state index contributed by atoms with van der Waals surface area (Å²) in [7, 11) is 0. The van der Waals surface area contributed by atoms with E-state index in [9.17, 15) is 9.18 Å². The van der Waals surface area contributed by atoms with Gasteiger partial charge < -0.3 is 10.8 Å². The number of halogens is 2. The second-order valence-electron chi connectivity index (χ2n) is 3.13. The van der Waals surface area contributed by atoms with Crippen LogP contribution in [0.5, 0.6) is 0 Å². The van der Waals surface area contributed by atoms with Gasteiger partial charge in [0.2, 0.25) is 0 Å². The molecule has 3 nitrogen and oxygen atoms in total. The van der Waals surface area contributed by atoms with Crippen LogP contribution >= 0.6 is 11.6 Å². The SMILES string of the molecule is C[C@](N)(C(=O)O)c1ccc(Cl)cc1F. The minimum atomic E-state index is -1.74. The summed E-state index contributed by atoms with van der Waals surface area (Å²) >= 11 is 5.52. The van der Waals surface area contributed by atoms with Gasteiger partial charge in [0.05, 0.1) is 0 Å². The highest BCUT2D eigenvalue weighted by Gasteiger charge is 2.32. The van der Waals surface area contributed by atoms with Crippen molar-refractivity contribution in [3.63, 3.8) is 0 Å². The zero-order valence-corrected chi connectivity index (χ0v) is 8.18. The summed E-state index contributed by atoms with van der Waals surface area (Å²) in [5, 5.41) is 8.97. The average molecular weight is 218 g/mol. The Morgan fingerprint density at radius 1 is 1.64 bits per heavy atom. The van der Waals surface area contributed by atoms with Crippen LogP contribution in [0.3, 0.4) is 0 Å². The van der Waals surface area contributed by atoms with Crippen molar-refractivity contribution < 1.29 is 14.3 Å². The van der Waals surface area contributed by atoms with Crippen molar-refractivity contribution in [1.82, 2.24) is 0 Å². The van der Waals surface area contributed by atoms with Gasteiger partial charge in [-0.15, -0.1) is 0 Å². The van der Waals surface area contributed by atoms with Crippen LogP contribution in [0, 0.1) is 5.82 Å². The molecule has 0 saturated carbocycles. The highest BCUT2D eigenvalue weighted by Crippen LogP contribution is 2.23. The molecule has 0 heterocycles. The summed E-state index contributed by atoms with van der Waals surface area (Å²) in [4.78, 5) is 10.7. The molecule has 1 aromatic rings. The normalized spacial score (nSPS) is 14.9. The lowest BCUT2D eigenvalue weighted by molar-refractivity contribution is -0.143. The van der Waals surface area contributed by atoms with E-state index >= 15 is 0 Å². The van der Waals surface area contributed by atoms with E-state index in [0.29, 0.717) is 0 Å². The molecular weight excluding hydrogens is 209 g/mol. The van der Waals surface area contributed by atoms with Crippen LogP contribution in [0.2, 0.25) is 5.02 Å². The largest absolute Gasteiger partial charge is 0.480 e. The molecule has 3 N–H and O–H groups in total. The Labute approximate surface area is 85.3 Å². The van der Waals surface area contributed by atoms with Crippen LogP contribution < -0.4 is 5.73 Å². The minimum Gasteiger partial charge on any atom is -0.480 e. The van der Waals surface area contributed by atoms with Crippen LogP contribution in [-0.4, -0.2) is 11.1 Å². The number of carboxylic acid groups (broad SMARTS) is 1. The summed E-state index contributed by atoms with van der Waals surface area (Å²) in [6.45, 7) is 1.22. The van der Waals surface area contributed by atoms with Gasteiger partial charge >= 0.3 is 5.97 Å². The van der Waals surface area contributed by atoms with E-state index < -0.39 is 17.3 Å². The van der Waals surface area contributed by atoms with Crippen LogP contribution in [0.1, 0.15) is 12.5 Å². The molecule has 0 aromatic heterocycles. The molecule has 1 aromatic carbocycles. The first-order valence-corrected chi connectivity index (χ1v) is 4.21. The van der Waals surface area contributed by atoms with Crippen LogP contribution in [0.4, 0.5) is 4.39 Å². The Morgan fingerprint density at radius 2 is 2.21 bits per heavy atom. The monoisotopic (exact) mass is 217 g/mol. The maximum Gasteiger partial charge on any atom is 0.328 e. The van der Waals surface area contributed by atoms with Crippen molar-refractivity contribution in [2.45, 2.75) is 12.5 Å². The third-order valence-electron chi connectivity index (χ3n) is 1.93.